The third-order valence-electron chi connectivity index (χ3n) is 2.98. The average Bonchev–Trinajstić information content (AvgIpc) is 2.54. The lowest BCUT2D eigenvalue weighted by molar-refractivity contribution is -0.118. The normalized spacial score (nSPS) is 9.96. The van der Waals surface area contributed by atoms with Gasteiger partial charge in [0.25, 0.3) is 5.91 Å². The van der Waals surface area contributed by atoms with E-state index >= 15 is 0 Å². The van der Waals surface area contributed by atoms with Crippen molar-refractivity contribution in [3.8, 4) is 11.5 Å². The molecule has 126 valence electrons. The van der Waals surface area contributed by atoms with Crippen LogP contribution in [-0.4, -0.2) is 25.5 Å². The van der Waals surface area contributed by atoms with E-state index in [0.717, 1.165) is 3.57 Å². The number of nitrogens with one attached hydrogen (secondary N) is 2. The Morgan fingerprint density at radius 1 is 1.08 bits per heavy atom. The fourth-order valence-corrected chi connectivity index (χ4v) is 2.31. The van der Waals surface area contributed by atoms with E-state index in [1.54, 1.807) is 30.3 Å². The average molecular weight is 440 g/mol. The Morgan fingerprint density at radius 3 is 2.42 bits per heavy atom. The molecule has 0 aliphatic heterocycles. The maximum Gasteiger partial charge on any atom is 0.262 e. The summed E-state index contributed by atoms with van der Waals surface area (Å²) in [6.45, 7) is 1.28. The molecule has 0 saturated carbocycles. The van der Waals surface area contributed by atoms with Gasteiger partial charge in [-0.05, 0) is 65.1 Å². The Kier molecular flexibility index (Phi) is 6.42. The lowest BCUT2D eigenvalue weighted by atomic mass is 10.2. The summed E-state index contributed by atoms with van der Waals surface area (Å²) in [7, 11) is 1.51. The highest BCUT2D eigenvalue weighted by Gasteiger charge is 2.10. The van der Waals surface area contributed by atoms with Crippen molar-refractivity contribution < 1.29 is 19.1 Å². The molecule has 24 heavy (non-hydrogen) atoms. The predicted octanol–water partition coefficient (Wildman–Crippen LogP) is 3.28. The third-order valence-corrected chi connectivity index (χ3v) is 3.70. The summed E-state index contributed by atoms with van der Waals surface area (Å²) >= 11 is 2.19. The number of hydrogen-bond donors (Lipinski definition) is 2. The van der Waals surface area contributed by atoms with Crippen molar-refractivity contribution >= 4 is 45.8 Å². The van der Waals surface area contributed by atoms with Gasteiger partial charge in [-0.15, -0.1) is 0 Å². The second-order valence-electron chi connectivity index (χ2n) is 4.89. The quantitative estimate of drug-likeness (QED) is 0.677. The minimum absolute atomic E-state index is 0.131. The second-order valence-corrected chi connectivity index (χ2v) is 6.13. The van der Waals surface area contributed by atoms with E-state index in [1.807, 2.05) is 12.1 Å². The number of ether oxygens (including phenoxy) is 2. The third kappa shape index (κ3) is 5.41. The Bertz CT molecular complexity index is 732. The summed E-state index contributed by atoms with van der Waals surface area (Å²) in [6.07, 6.45) is 0. The molecule has 0 saturated heterocycles. The Labute approximate surface area is 153 Å². The zero-order valence-electron chi connectivity index (χ0n) is 13.3. The smallest absolute Gasteiger partial charge is 0.262 e. The molecule has 2 aromatic carbocycles. The first-order chi connectivity index (χ1) is 11.5. The van der Waals surface area contributed by atoms with Crippen molar-refractivity contribution in [1.82, 2.24) is 0 Å². The topological polar surface area (TPSA) is 76.7 Å². The molecule has 0 aliphatic rings. The van der Waals surface area contributed by atoms with Crippen molar-refractivity contribution in [1.29, 1.82) is 0 Å². The molecule has 0 radical (unpaired) electrons. The number of anilines is 2. The van der Waals surface area contributed by atoms with E-state index < -0.39 is 0 Å². The highest BCUT2D eigenvalue weighted by atomic mass is 127. The number of hydrogen-bond acceptors (Lipinski definition) is 4. The number of carbonyl (C=O) groups is 2. The van der Waals surface area contributed by atoms with Gasteiger partial charge in [0, 0.05) is 16.2 Å². The summed E-state index contributed by atoms with van der Waals surface area (Å²) in [5.74, 6) is 0.586. The van der Waals surface area contributed by atoms with Crippen molar-refractivity contribution in [2.45, 2.75) is 6.92 Å². The molecular formula is C17H17IN2O4. The molecule has 2 aromatic rings. The molecule has 2 amide bonds. The standard InChI is InChI=1S/C17H17IN2O4/c1-11(21)19-13-5-8-16(23-2)15(9-13)20-17(22)10-24-14-6-3-12(18)4-7-14/h3-9H,10H2,1-2H3,(H,19,21)(H,20,22). The lowest BCUT2D eigenvalue weighted by Gasteiger charge is -2.13. The summed E-state index contributed by atoms with van der Waals surface area (Å²) < 4.78 is 11.7. The first kappa shape index (κ1) is 18.1. The van der Waals surface area contributed by atoms with Gasteiger partial charge in [-0.1, -0.05) is 0 Å². The fraction of sp³-hybridized carbons (Fsp3) is 0.176. The number of carbonyl (C=O) groups excluding carboxylic acids is 2. The van der Waals surface area contributed by atoms with Crippen LogP contribution in [0.5, 0.6) is 11.5 Å². The summed E-state index contributed by atoms with van der Waals surface area (Å²) in [5, 5.41) is 5.37. The van der Waals surface area contributed by atoms with Crippen LogP contribution in [0.4, 0.5) is 11.4 Å². The molecule has 7 heteroatoms. The van der Waals surface area contributed by atoms with E-state index in [0.29, 0.717) is 22.9 Å². The molecule has 0 spiro atoms. The van der Waals surface area contributed by atoms with Crippen LogP contribution in [0.15, 0.2) is 42.5 Å². The molecule has 0 aromatic heterocycles. The fourth-order valence-electron chi connectivity index (χ4n) is 1.95. The molecular weight excluding hydrogens is 423 g/mol. The van der Waals surface area contributed by atoms with Crippen molar-refractivity contribution in [2.24, 2.45) is 0 Å². The first-order valence-electron chi connectivity index (χ1n) is 7.12. The lowest BCUT2D eigenvalue weighted by Crippen LogP contribution is -2.20. The Balaban J connectivity index is 2.01. The van der Waals surface area contributed by atoms with E-state index in [-0.39, 0.29) is 18.4 Å². The van der Waals surface area contributed by atoms with Crippen LogP contribution in [0.2, 0.25) is 0 Å². The van der Waals surface area contributed by atoms with Crippen molar-refractivity contribution in [3.63, 3.8) is 0 Å². The van der Waals surface area contributed by atoms with Gasteiger partial charge in [0.15, 0.2) is 6.61 Å². The maximum absolute atomic E-state index is 12.1. The van der Waals surface area contributed by atoms with Gasteiger partial charge < -0.3 is 20.1 Å². The predicted molar refractivity (Wildman–Crippen MR) is 101 cm³/mol. The van der Waals surface area contributed by atoms with Gasteiger partial charge >= 0.3 is 0 Å². The SMILES string of the molecule is COc1ccc(NC(C)=O)cc1NC(=O)COc1ccc(I)cc1. The van der Waals surface area contributed by atoms with Gasteiger partial charge in [0.2, 0.25) is 5.91 Å². The second kappa shape index (κ2) is 8.53. The molecule has 0 heterocycles. The number of halogens is 1. The van der Waals surface area contributed by atoms with E-state index in [4.69, 9.17) is 9.47 Å². The van der Waals surface area contributed by atoms with Crippen LogP contribution in [0.25, 0.3) is 0 Å². The number of amides is 2. The maximum atomic E-state index is 12.1. The Hall–Kier alpha value is -2.29. The van der Waals surface area contributed by atoms with Gasteiger partial charge in [-0.25, -0.2) is 0 Å². The molecule has 2 N–H and O–H groups in total. The zero-order valence-corrected chi connectivity index (χ0v) is 15.4. The molecule has 0 fully saturated rings. The van der Waals surface area contributed by atoms with Crippen LogP contribution in [0.3, 0.4) is 0 Å². The summed E-state index contributed by atoms with van der Waals surface area (Å²) in [6, 6.07) is 12.4. The Morgan fingerprint density at radius 2 is 1.79 bits per heavy atom. The molecule has 2 rings (SSSR count). The molecule has 0 atom stereocenters. The largest absolute Gasteiger partial charge is 0.495 e. The van der Waals surface area contributed by atoms with E-state index in [9.17, 15) is 9.59 Å². The van der Waals surface area contributed by atoms with Gasteiger partial charge in [0.1, 0.15) is 11.5 Å². The van der Waals surface area contributed by atoms with Crippen LogP contribution in [0.1, 0.15) is 6.92 Å². The molecule has 0 unspecified atom stereocenters. The first-order valence-corrected chi connectivity index (χ1v) is 8.19. The van der Waals surface area contributed by atoms with Crippen LogP contribution < -0.4 is 20.1 Å². The minimum Gasteiger partial charge on any atom is -0.495 e. The zero-order chi connectivity index (χ0) is 17.5. The highest BCUT2D eigenvalue weighted by Crippen LogP contribution is 2.27. The van der Waals surface area contributed by atoms with E-state index in [1.165, 1.54) is 14.0 Å². The van der Waals surface area contributed by atoms with Crippen molar-refractivity contribution in [3.05, 3.63) is 46.0 Å². The minimum atomic E-state index is -0.327. The number of rotatable bonds is 6. The van der Waals surface area contributed by atoms with Gasteiger partial charge in [0.05, 0.1) is 12.8 Å². The van der Waals surface area contributed by atoms with Gasteiger partial charge in [-0.2, -0.15) is 0 Å². The summed E-state index contributed by atoms with van der Waals surface area (Å²) in [4.78, 5) is 23.2. The highest BCUT2D eigenvalue weighted by molar-refractivity contribution is 14.1. The monoisotopic (exact) mass is 440 g/mol. The molecule has 0 aliphatic carbocycles. The number of benzene rings is 2. The van der Waals surface area contributed by atoms with Crippen LogP contribution >= 0.6 is 22.6 Å². The molecule has 6 nitrogen and oxygen atoms in total. The van der Waals surface area contributed by atoms with Crippen LogP contribution in [0, 0.1) is 3.57 Å². The van der Waals surface area contributed by atoms with E-state index in [2.05, 4.69) is 33.2 Å². The number of methoxy groups -OCH3 is 1. The van der Waals surface area contributed by atoms with Crippen molar-refractivity contribution in [2.75, 3.05) is 24.4 Å². The molecule has 0 bridgehead atoms. The summed E-state index contributed by atoms with van der Waals surface area (Å²) in [5.41, 5.74) is 1.03. The van der Waals surface area contributed by atoms with Gasteiger partial charge in [-0.3, -0.25) is 9.59 Å². The van der Waals surface area contributed by atoms with Crippen LogP contribution in [-0.2, 0) is 9.59 Å².